The SMILES string of the molecule is O=C(O)c1cccc(CN2CCNC(=O)C2c2cccs2)c1. The summed E-state index contributed by atoms with van der Waals surface area (Å²) in [6, 6.07) is 10.5. The molecule has 1 unspecified atom stereocenters. The minimum Gasteiger partial charge on any atom is -0.478 e. The minimum absolute atomic E-state index is 0.00286. The Balaban J connectivity index is 1.84. The molecule has 0 aliphatic carbocycles. The Kier molecular flexibility index (Phi) is 4.22. The standard InChI is InChI=1S/C16H16N2O3S/c19-15-14(13-5-2-8-22-13)18(7-6-17-15)10-11-3-1-4-12(9-11)16(20)21/h1-5,8-9,14H,6-7,10H2,(H,17,19)(H,20,21). The van der Waals surface area contributed by atoms with Crippen molar-refractivity contribution in [1.29, 1.82) is 0 Å². The van der Waals surface area contributed by atoms with Crippen molar-refractivity contribution in [3.05, 3.63) is 57.8 Å². The quantitative estimate of drug-likeness (QED) is 0.906. The molecule has 0 spiro atoms. The molecule has 0 saturated carbocycles. The number of nitrogens with zero attached hydrogens (tertiary/aromatic N) is 1. The van der Waals surface area contributed by atoms with Crippen molar-refractivity contribution in [2.24, 2.45) is 0 Å². The smallest absolute Gasteiger partial charge is 0.335 e. The number of carboxylic acid groups (broad SMARTS) is 1. The molecule has 0 radical (unpaired) electrons. The van der Waals surface area contributed by atoms with Crippen LogP contribution in [0.25, 0.3) is 0 Å². The van der Waals surface area contributed by atoms with Crippen LogP contribution in [0.1, 0.15) is 26.8 Å². The Labute approximate surface area is 132 Å². The van der Waals surface area contributed by atoms with Crippen LogP contribution < -0.4 is 5.32 Å². The molecule has 6 heteroatoms. The Bertz CT molecular complexity index is 684. The van der Waals surface area contributed by atoms with Gasteiger partial charge in [0.15, 0.2) is 0 Å². The van der Waals surface area contributed by atoms with E-state index < -0.39 is 5.97 Å². The van der Waals surface area contributed by atoms with Crippen molar-refractivity contribution in [2.45, 2.75) is 12.6 Å². The van der Waals surface area contributed by atoms with Gasteiger partial charge in [-0.05, 0) is 29.1 Å². The summed E-state index contributed by atoms with van der Waals surface area (Å²) in [4.78, 5) is 26.4. The second-order valence-corrected chi connectivity index (χ2v) is 6.16. The molecule has 2 N–H and O–H groups in total. The lowest BCUT2D eigenvalue weighted by atomic mass is 10.1. The zero-order chi connectivity index (χ0) is 15.5. The topological polar surface area (TPSA) is 69.6 Å². The zero-order valence-corrected chi connectivity index (χ0v) is 12.7. The summed E-state index contributed by atoms with van der Waals surface area (Å²) < 4.78 is 0. The van der Waals surface area contributed by atoms with Gasteiger partial charge in [0.1, 0.15) is 6.04 Å². The van der Waals surface area contributed by atoms with E-state index >= 15 is 0 Å². The summed E-state index contributed by atoms with van der Waals surface area (Å²) in [6.07, 6.45) is 0. The summed E-state index contributed by atoms with van der Waals surface area (Å²) in [7, 11) is 0. The summed E-state index contributed by atoms with van der Waals surface area (Å²) in [6.45, 7) is 1.90. The third kappa shape index (κ3) is 3.03. The molecule has 1 atom stereocenters. The van der Waals surface area contributed by atoms with Gasteiger partial charge < -0.3 is 10.4 Å². The summed E-state index contributed by atoms with van der Waals surface area (Å²) in [5, 5.41) is 13.9. The fourth-order valence-corrected chi connectivity index (χ4v) is 3.53. The van der Waals surface area contributed by atoms with E-state index in [2.05, 4.69) is 10.2 Å². The fraction of sp³-hybridized carbons (Fsp3) is 0.250. The van der Waals surface area contributed by atoms with E-state index in [0.29, 0.717) is 13.1 Å². The molecule has 1 amide bonds. The molecule has 1 aromatic carbocycles. The van der Waals surface area contributed by atoms with Gasteiger partial charge >= 0.3 is 5.97 Å². The van der Waals surface area contributed by atoms with Crippen LogP contribution in [-0.4, -0.2) is 35.0 Å². The predicted molar refractivity (Wildman–Crippen MR) is 83.9 cm³/mol. The van der Waals surface area contributed by atoms with Gasteiger partial charge in [-0.2, -0.15) is 0 Å². The van der Waals surface area contributed by atoms with Crippen molar-refractivity contribution in [1.82, 2.24) is 10.2 Å². The van der Waals surface area contributed by atoms with Gasteiger partial charge in [-0.15, -0.1) is 11.3 Å². The van der Waals surface area contributed by atoms with Gasteiger partial charge in [0.05, 0.1) is 5.56 Å². The highest BCUT2D eigenvalue weighted by Gasteiger charge is 2.31. The summed E-state index contributed by atoms with van der Waals surface area (Å²) in [5.41, 5.74) is 1.17. The second-order valence-electron chi connectivity index (χ2n) is 5.18. The average molecular weight is 316 g/mol. The van der Waals surface area contributed by atoms with E-state index in [4.69, 9.17) is 5.11 Å². The summed E-state index contributed by atoms with van der Waals surface area (Å²) >= 11 is 1.56. The van der Waals surface area contributed by atoms with Crippen LogP contribution >= 0.6 is 11.3 Å². The largest absolute Gasteiger partial charge is 0.478 e. The van der Waals surface area contributed by atoms with E-state index in [-0.39, 0.29) is 17.5 Å². The number of rotatable bonds is 4. The lowest BCUT2D eigenvalue weighted by Crippen LogP contribution is -2.49. The number of hydrogen-bond acceptors (Lipinski definition) is 4. The Hall–Kier alpha value is -2.18. The van der Waals surface area contributed by atoms with Crippen molar-refractivity contribution in [2.75, 3.05) is 13.1 Å². The molecule has 5 nitrogen and oxygen atoms in total. The predicted octanol–water partition coefficient (Wildman–Crippen LogP) is 2.12. The monoisotopic (exact) mass is 316 g/mol. The second kappa shape index (κ2) is 6.29. The zero-order valence-electron chi connectivity index (χ0n) is 11.9. The number of carbonyl (C=O) groups excluding carboxylic acids is 1. The molecular formula is C16H16N2O3S. The molecule has 1 aliphatic rings. The number of thiophene rings is 1. The van der Waals surface area contributed by atoms with Crippen molar-refractivity contribution >= 4 is 23.2 Å². The maximum absolute atomic E-state index is 12.2. The van der Waals surface area contributed by atoms with Crippen LogP contribution in [0, 0.1) is 0 Å². The van der Waals surface area contributed by atoms with Crippen LogP contribution in [0.3, 0.4) is 0 Å². The third-order valence-corrected chi connectivity index (χ3v) is 4.61. The third-order valence-electron chi connectivity index (χ3n) is 3.68. The molecule has 1 aromatic heterocycles. The fourth-order valence-electron chi connectivity index (χ4n) is 2.68. The van der Waals surface area contributed by atoms with Crippen LogP contribution in [-0.2, 0) is 11.3 Å². The molecule has 3 rings (SSSR count). The highest BCUT2D eigenvalue weighted by Crippen LogP contribution is 2.28. The van der Waals surface area contributed by atoms with E-state index in [1.54, 1.807) is 29.5 Å². The first-order chi connectivity index (χ1) is 10.6. The molecule has 1 saturated heterocycles. The van der Waals surface area contributed by atoms with Gasteiger partial charge in [0, 0.05) is 24.5 Å². The molecule has 114 valence electrons. The molecular weight excluding hydrogens is 300 g/mol. The summed E-state index contributed by atoms with van der Waals surface area (Å²) in [5.74, 6) is -0.934. The number of carboxylic acids is 1. The molecule has 1 aliphatic heterocycles. The molecule has 22 heavy (non-hydrogen) atoms. The number of hydrogen-bond donors (Lipinski definition) is 2. The first kappa shape index (κ1) is 14.7. The average Bonchev–Trinajstić information content (AvgIpc) is 3.01. The highest BCUT2D eigenvalue weighted by atomic mass is 32.1. The molecule has 2 aromatic rings. The minimum atomic E-state index is -0.937. The first-order valence-corrected chi connectivity index (χ1v) is 7.90. The lowest BCUT2D eigenvalue weighted by molar-refractivity contribution is -0.129. The Morgan fingerprint density at radius 1 is 1.36 bits per heavy atom. The van der Waals surface area contributed by atoms with Crippen molar-refractivity contribution < 1.29 is 14.7 Å². The molecule has 2 heterocycles. The number of benzene rings is 1. The number of aromatic carboxylic acids is 1. The van der Waals surface area contributed by atoms with E-state index in [1.165, 1.54) is 0 Å². The van der Waals surface area contributed by atoms with Crippen LogP contribution in [0.2, 0.25) is 0 Å². The number of amides is 1. The van der Waals surface area contributed by atoms with Gasteiger partial charge in [0.25, 0.3) is 0 Å². The van der Waals surface area contributed by atoms with Gasteiger partial charge in [0.2, 0.25) is 5.91 Å². The van der Waals surface area contributed by atoms with E-state index in [0.717, 1.165) is 17.0 Å². The van der Waals surface area contributed by atoms with Gasteiger partial charge in [-0.25, -0.2) is 4.79 Å². The van der Waals surface area contributed by atoms with Crippen LogP contribution in [0.5, 0.6) is 0 Å². The van der Waals surface area contributed by atoms with E-state index in [9.17, 15) is 9.59 Å². The number of carbonyl (C=O) groups is 2. The highest BCUT2D eigenvalue weighted by molar-refractivity contribution is 7.10. The normalized spacial score (nSPS) is 18.9. The van der Waals surface area contributed by atoms with Crippen LogP contribution in [0.4, 0.5) is 0 Å². The first-order valence-electron chi connectivity index (χ1n) is 7.02. The maximum Gasteiger partial charge on any atom is 0.335 e. The maximum atomic E-state index is 12.2. The van der Waals surface area contributed by atoms with Gasteiger partial charge in [-0.1, -0.05) is 18.2 Å². The van der Waals surface area contributed by atoms with E-state index in [1.807, 2.05) is 23.6 Å². The number of piperazine rings is 1. The van der Waals surface area contributed by atoms with Crippen LogP contribution in [0.15, 0.2) is 41.8 Å². The number of nitrogens with one attached hydrogen (secondary N) is 1. The lowest BCUT2D eigenvalue weighted by Gasteiger charge is -2.34. The van der Waals surface area contributed by atoms with Crippen molar-refractivity contribution in [3.8, 4) is 0 Å². The van der Waals surface area contributed by atoms with Crippen molar-refractivity contribution in [3.63, 3.8) is 0 Å². The molecule has 1 fully saturated rings. The Morgan fingerprint density at radius 2 is 2.23 bits per heavy atom. The Morgan fingerprint density at radius 3 is 2.95 bits per heavy atom. The molecule has 0 bridgehead atoms. The van der Waals surface area contributed by atoms with Gasteiger partial charge in [-0.3, -0.25) is 9.69 Å².